The summed E-state index contributed by atoms with van der Waals surface area (Å²) in [6.07, 6.45) is 1.90. The van der Waals surface area contributed by atoms with Crippen LogP contribution < -0.4 is 10.3 Å². The van der Waals surface area contributed by atoms with Gasteiger partial charge in [-0.3, -0.25) is 14.5 Å². The highest BCUT2D eigenvalue weighted by Crippen LogP contribution is 2.31. The maximum absolute atomic E-state index is 13.0. The highest BCUT2D eigenvalue weighted by molar-refractivity contribution is 5.95. The fraction of sp³-hybridized carbons (Fsp3) is 0.450. The molecule has 2 aliphatic rings. The number of fused-ring (bicyclic) bond motifs is 1. The fourth-order valence-electron chi connectivity index (χ4n) is 3.97. The Bertz CT molecular complexity index is 928. The fourth-order valence-corrected chi connectivity index (χ4v) is 3.97. The van der Waals surface area contributed by atoms with Crippen molar-refractivity contribution in [1.82, 2.24) is 19.4 Å². The van der Waals surface area contributed by atoms with E-state index in [-0.39, 0.29) is 17.6 Å². The first-order valence-electron chi connectivity index (χ1n) is 9.57. The van der Waals surface area contributed by atoms with Gasteiger partial charge in [-0.15, -0.1) is 0 Å². The molecule has 0 radical (unpaired) electrons. The van der Waals surface area contributed by atoms with Gasteiger partial charge in [0.05, 0.1) is 12.6 Å². The summed E-state index contributed by atoms with van der Waals surface area (Å²) < 4.78 is 7.40. The largest absolute Gasteiger partial charge is 0.501 e. The van der Waals surface area contributed by atoms with Crippen LogP contribution in [0, 0.1) is 0 Å². The molecule has 28 heavy (non-hydrogen) atoms. The van der Waals surface area contributed by atoms with Crippen molar-refractivity contribution in [2.24, 2.45) is 0 Å². The first-order valence-corrected chi connectivity index (χ1v) is 9.57. The second kappa shape index (κ2) is 7.63. The van der Waals surface area contributed by atoms with E-state index in [1.165, 1.54) is 0 Å². The smallest absolute Gasteiger partial charge is 0.315 e. The molecule has 0 spiro atoms. The van der Waals surface area contributed by atoms with Crippen LogP contribution in [0.2, 0.25) is 0 Å². The average molecular weight is 384 g/mol. The van der Waals surface area contributed by atoms with E-state index in [2.05, 4.69) is 9.88 Å². The third-order valence-electron chi connectivity index (χ3n) is 5.46. The number of nitrogens with zero attached hydrogens (tertiary/aromatic N) is 4. The predicted octanol–water partition coefficient (Wildman–Crippen LogP) is 1.25. The van der Waals surface area contributed by atoms with Crippen LogP contribution in [0.1, 0.15) is 35.2 Å². The van der Waals surface area contributed by atoms with Gasteiger partial charge in [0.25, 0.3) is 5.91 Å². The van der Waals surface area contributed by atoms with Crippen molar-refractivity contribution in [2.75, 3.05) is 33.3 Å². The Morgan fingerprint density at radius 2 is 1.96 bits per heavy atom. The summed E-state index contributed by atoms with van der Waals surface area (Å²) in [5, 5.41) is 10.3. The number of aromatic hydroxyl groups is 1. The zero-order chi connectivity index (χ0) is 19.7. The molecule has 2 aliphatic heterocycles. The van der Waals surface area contributed by atoms with Gasteiger partial charge in [-0.2, -0.15) is 4.98 Å². The SMILES string of the molecule is CN1CCCC1c1nc(=O)c(O)c2n1CCN(CCOc1ccccc1)C2=O. The minimum atomic E-state index is -0.739. The molecule has 1 saturated heterocycles. The third kappa shape index (κ3) is 3.35. The lowest BCUT2D eigenvalue weighted by molar-refractivity contribution is 0.0662. The summed E-state index contributed by atoms with van der Waals surface area (Å²) in [7, 11) is 1.99. The lowest BCUT2D eigenvalue weighted by Crippen LogP contribution is -2.45. The second-order valence-corrected chi connectivity index (χ2v) is 7.22. The predicted molar refractivity (Wildman–Crippen MR) is 103 cm³/mol. The van der Waals surface area contributed by atoms with Crippen molar-refractivity contribution in [3.8, 4) is 11.5 Å². The van der Waals surface area contributed by atoms with E-state index in [9.17, 15) is 14.7 Å². The van der Waals surface area contributed by atoms with Crippen molar-refractivity contribution in [3.05, 3.63) is 52.2 Å². The van der Waals surface area contributed by atoms with Gasteiger partial charge in [0.2, 0.25) is 5.75 Å². The molecule has 3 heterocycles. The lowest BCUT2D eigenvalue weighted by atomic mass is 10.1. The van der Waals surface area contributed by atoms with Gasteiger partial charge in [0, 0.05) is 13.1 Å². The number of hydrogen-bond donors (Lipinski definition) is 1. The molecule has 0 aliphatic carbocycles. The zero-order valence-corrected chi connectivity index (χ0v) is 15.9. The van der Waals surface area contributed by atoms with Crippen LogP contribution in [-0.4, -0.2) is 63.7 Å². The van der Waals surface area contributed by atoms with Gasteiger partial charge < -0.3 is 19.3 Å². The lowest BCUT2D eigenvalue weighted by Gasteiger charge is -2.33. The van der Waals surface area contributed by atoms with E-state index >= 15 is 0 Å². The van der Waals surface area contributed by atoms with E-state index in [4.69, 9.17) is 4.74 Å². The molecular weight excluding hydrogens is 360 g/mol. The molecule has 8 nitrogen and oxygen atoms in total. The molecular formula is C20H24N4O4. The molecule has 1 fully saturated rings. The molecule has 148 valence electrons. The number of ether oxygens (including phenoxy) is 1. The monoisotopic (exact) mass is 384 g/mol. The van der Waals surface area contributed by atoms with E-state index in [0.717, 1.165) is 25.1 Å². The van der Waals surface area contributed by atoms with Crippen molar-refractivity contribution in [3.63, 3.8) is 0 Å². The Morgan fingerprint density at radius 3 is 2.68 bits per heavy atom. The zero-order valence-electron chi connectivity index (χ0n) is 15.9. The van der Waals surface area contributed by atoms with Crippen LogP contribution in [0.4, 0.5) is 0 Å². The maximum Gasteiger partial charge on any atom is 0.315 e. The summed E-state index contributed by atoms with van der Waals surface area (Å²) >= 11 is 0. The topological polar surface area (TPSA) is 87.9 Å². The van der Waals surface area contributed by atoms with Crippen molar-refractivity contribution in [2.45, 2.75) is 25.4 Å². The Hall–Kier alpha value is -2.87. The molecule has 0 saturated carbocycles. The van der Waals surface area contributed by atoms with Crippen molar-refractivity contribution in [1.29, 1.82) is 0 Å². The average Bonchev–Trinajstić information content (AvgIpc) is 3.12. The minimum absolute atomic E-state index is 0.00665. The van der Waals surface area contributed by atoms with Gasteiger partial charge >= 0.3 is 5.56 Å². The quantitative estimate of drug-likeness (QED) is 0.835. The Morgan fingerprint density at radius 1 is 1.18 bits per heavy atom. The van der Waals surface area contributed by atoms with E-state index in [1.807, 2.05) is 37.4 Å². The number of likely N-dealkylation sites (tertiary alicyclic amines) is 1. The second-order valence-electron chi connectivity index (χ2n) is 7.22. The van der Waals surface area contributed by atoms with Crippen LogP contribution in [0.15, 0.2) is 35.1 Å². The summed E-state index contributed by atoms with van der Waals surface area (Å²) in [5.74, 6) is 0.387. The van der Waals surface area contributed by atoms with E-state index in [1.54, 1.807) is 9.47 Å². The molecule has 1 aromatic heterocycles. The van der Waals surface area contributed by atoms with Gasteiger partial charge in [0.1, 0.15) is 18.2 Å². The number of aromatic nitrogens is 2. The number of hydrogen-bond acceptors (Lipinski definition) is 6. The van der Waals surface area contributed by atoms with E-state index in [0.29, 0.717) is 32.1 Å². The number of rotatable bonds is 5. The molecule has 1 aromatic carbocycles. The number of carbonyl (C=O) groups excluding carboxylic acids is 1. The summed E-state index contributed by atoms with van der Waals surface area (Å²) in [6.45, 7) is 2.62. The van der Waals surface area contributed by atoms with Crippen molar-refractivity contribution >= 4 is 5.91 Å². The van der Waals surface area contributed by atoms with Crippen molar-refractivity contribution < 1.29 is 14.6 Å². The highest BCUT2D eigenvalue weighted by atomic mass is 16.5. The number of benzene rings is 1. The van der Waals surface area contributed by atoms with Crippen LogP contribution in [0.5, 0.6) is 11.5 Å². The van der Waals surface area contributed by atoms with Crippen LogP contribution >= 0.6 is 0 Å². The van der Waals surface area contributed by atoms with Gasteiger partial charge in [0.15, 0.2) is 5.69 Å². The Labute approximate surface area is 163 Å². The number of para-hydroxylation sites is 1. The standard InChI is InChI=1S/C20H24N4O4/c1-22-9-5-8-15(22)18-21-19(26)17(25)16-20(27)23(10-11-24(16)18)12-13-28-14-6-3-2-4-7-14/h2-4,6-7,15,25H,5,8-13H2,1H3. The van der Waals surface area contributed by atoms with Crippen LogP contribution in [0.3, 0.4) is 0 Å². The molecule has 1 atom stereocenters. The molecule has 1 unspecified atom stereocenters. The van der Waals surface area contributed by atoms with Crippen LogP contribution in [-0.2, 0) is 6.54 Å². The van der Waals surface area contributed by atoms with E-state index < -0.39 is 11.3 Å². The third-order valence-corrected chi connectivity index (χ3v) is 5.46. The summed E-state index contributed by atoms with van der Waals surface area (Å²) in [5.41, 5.74) is -0.696. The molecule has 4 rings (SSSR count). The highest BCUT2D eigenvalue weighted by Gasteiger charge is 2.35. The first-order chi connectivity index (χ1) is 13.6. The Kier molecular flexibility index (Phi) is 5.04. The molecule has 8 heteroatoms. The molecule has 2 aromatic rings. The molecule has 1 N–H and O–H groups in total. The van der Waals surface area contributed by atoms with Gasteiger partial charge in [-0.25, -0.2) is 0 Å². The number of amides is 1. The van der Waals surface area contributed by atoms with Gasteiger partial charge in [-0.05, 0) is 38.6 Å². The normalized spacial score (nSPS) is 19.7. The first kappa shape index (κ1) is 18.5. The van der Waals surface area contributed by atoms with Gasteiger partial charge in [-0.1, -0.05) is 18.2 Å². The summed E-state index contributed by atoms with van der Waals surface area (Å²) in [4.78, 5) is 33.1. The maximum atomic E-state index is 13.0. The molecule has 0 bridgehead atoms. The Balaban J connectivity index is 1.55. The molecule has 1 amide bonds. The summed E-state index contributed by atoms with van der Waals surface area (Å²) in [6, 6.07) is 9.38. The minimum Gasteiger partial charge on any atom is -0.501 e. The number of carbonyl (C=O) groups is 1. The van der Waals surface area contributed by atoms with Crippen LogP contribution in [0.25, 0.3) is 0 Å².